The number of hydrogen-bond donors (Lipinski definition) is 0. The first kappa shape index (κ1) is 59.6. The summed E-state index contributed by atoms with van der Waals surface area (Å²) in [7, 11) is 0. The van der Waals surface area contributed by atoms with Crippen LogP contribution in [0.15, 0.2) is 85.1 Å². The Bertz CT molecular complexity index is 1240. The number of allylic oxidation sites excluding steroid dienone is 14. The lowest BCUT2D eigenvalue weighted by molar-refractivity contribution is -0.167. The van der Waals surface area contributed by atoms with Gasteiger partial charge in [-0.25, -0.2) is 0 Å². The quantitative estimate of drug-likeness (QED) is 0.0199. The van der Waals surface area contributed by atoms with Crippen molar-refractivity contribution in [1.82, 2.24) is 0 Å². The Morgan fingerprint density at radius 2 is 0.635 bits per heavy atom. The Morgan fingerprint density at radius 3 is 1.08 bits per heavy atom. The van der Waals surface area contributed by atoms with E-state index in [1.54, 1.807) is 0 Å². The van der Waals surface area contributed by atoms with E-state index < -0.39 is 6.10 Å². The van der Waals surface area contributed by atoms with Gasteiger partial charge >= 0.3 is 17.9 Å². The molecule has 0 aromatic carbocycles. The highest BCUT2D eigenvalue weighted by Crippen LogP contribution is 2.14. The number of esters is 3. The maximum atomic E-state index is 12.8. The molecule has 0 aromatic heterocycles. The molecule has 0 heterocycles. The molecule has 1 unspecified atom stereocenters. The molecule has 0 aliphatic rings. The smallest absolute Gasteiger partial charge is 0.306 e. The highest BCUT2D eigenvalue weighted by Gasteiger charge is 2.19. The van der Waals surface area contributed by atoms with Crippen molar-refractivity contribution in [2.75, 3.05) is 13.2 Å². The maximum Gasteiger partial charge on any atom is 0.306 e. The maximum absolute atomic E-state index is 12.8. The number of rotatable bonds is 46. The van der Waals surface area contributed by atoms with E-state index in [0.717, 1.165) is 89.9 Å². The van der Waals surface area contributed by atoms with Gasteiger partial charge in [0.05, 0.1) is 0 Å². The van der Waals surface area contributed by atoms with E-state index in [1.165, 1.54) is 103 Å². The van der Waals surface area contributed by atoms with E-state index in [0.29, 0.717) is 25.7 Å². The van der Waals surface area contributed by atoms with Crippen molar-refractivity contribution in [2.24, 2.45) is 0 Å². The number of unbranched alkanes of at least 4 members (excludes halogenated alkanes) is 25. The molecule has 0 amide bonds. The zero-order valence-electron chi connectivity index (χ0n) is 41.1. The van der Waals surface area contributed by atoms with Crippen LogP contribution in [0.5, 0.6) is 0 Å². The summed E-state index contributed by atoms with van der Waals surface area (Å²) in [6.45, 7) is 6.46. The van der Waals surface area contributed by atoms with Gasteiger partial charge in [0.1, 0.15) is 13.2 Å². The van der Waals surface area contributed by atoms with Gasteiger partial charge in [0.15, 0.2) is 6.10 Å². The van der Waals surface area contributed by atoms with Crippen molar-refractivity contribution in [1.29, 1.82) is 0 Å². The van der Waals surface area contributed by atoms with Gasteiger partial charge in [-0.1, -0.05) is 221 Å². The van der Waals surface area contributed by atoms with Gasteiger partial charge in [0.2, 0.25) is 0 Å². The fourth-order valence-electron chi connectivity index (χ4n) is 7.00. The van der Waals surface area contributed by atoms with Crippen LogP contribution in [-0.2, 0) is 28.6 Å². The normalized spacial score (nSPS) is 12.7. The highest BCUT2D eigenvalue weighted by molar-refractivity contribution is 5.71. The molecule has 6 nitrogen and oxygen atoms in total. The Balaban J connectivity index is 4.41. The lowest BCUT2D eigenvalue weighted by Crippen LogP contribution is -2.30. The molecular weight excluding hydrogens is 781 g/mol. The van der Waals surface area contributed by atoms with Crippen LogP contribution in [0, 0.1) is 0 Å². The molecule has 0 aromatic rings. The van der Waals surface area contributed by atoms with Crippen LogP contribution in [-0.4, -0.2) is 37.2 Å². The minimum atomic E-state index is -0.802. The Labute approximate surface area is 388 Å². The minimum absolute atomic E-state index is 0.102. The van der Waals surface area contributed by atoms with E-state index in [9.17, 15) is 14.4 Å². The van der Waals surface area contributed by atoms with E-state index in [-0.39, 0.29) is 31.1 Å². The number of hydrogen-bond acceptors (Lipinski definition) is 6. The van der Waals surface area contributed by atoms with E-state index in [2.05, 4.69) is 81.5 Å². The molecule has 1 atom stereocenters. The summed E-state index contributed by atoms with van der Waals surface area (Å²) >= 11 is 0. The SMILES string of the molecule is CCC\C=C/C=C\C=C/C=C\C=C/CCCCCCCC(=O)OCC(COC(=O)CCC/C=C\CCCCCC)OC(=O)CCCCCCC/C=C\CCCCCCCCCCC. The summed E-state index contributed by atoms with van der Waals surface area (Å²) < 4.78 is 16.7. The summed E-state index contributed by atoms with van der Waals surface area (Å²) in [5.74, 6) is -0.970. The second kappa shape index (κ2) is 51.2. The molecule has 360 valence electrons. The van der Waals surface area contributed by atoms with Gasteiger partial charge in [-0.3, -0.25) is 14.4 Å². The van der Waals surface area contributed by atoms with Crippen LogP contribution in [0.2, 0.25) is 0 Å². The highest BCUT2D eigenvalue weighted by atomic mass is 16.6. The van der Waals surface area contributed by atoms with Crippen LogP contribution in [0.4, 0.5) is 0 Å². The fraction of sp³-hybridized carbons (Fsp3) is 0.702. The van der Waals surface area contributed by atoms with Crippen molar-refractivity contribution in [3.63, 3.8) is 0 Å². The third-order valence-electron chi connectivity index (χ3n) is 11.0. The Kier molecular flexibility index (Phi) is 48.5. The fourth-order valence-corrected chi connectivity index (χ4v) is 7.00. The van der Waals surface area contributed by atoms with Crippen molar-refractivity contribution in [2.45, 2.75) is 245 Å². The summed E-state index contributed by atoms with van der Waals surface area (Å²) in [4.78, 5) is 37.9. The van der Waals surface area contributed by atoms with Gasteiger partial charge in [-0.2, -0.15) is 0 Å². The molecular formula is C57H96O6. The third kappa shape index (κ3) is 49.5. The first-order chi connectivity index (χ1) is 31.0. The predicted molar refractivity (Wildman–Crippen MR) is 270 cm³/mol. The van der Waals surface area contributed by atoms with Gasteiger partial charge in [-0.05, 0) is 83.5 Å². The van der Waals surface area contributed by atoms with Crippen molar-refractivity contribution < 1.29 is 28.6 Å². The lowest BCUT2D eigenvalue weighted by atomic mass is 10.1. The van der Waals surface area contributed by atoms with Gasteiger partial charge in [0.25, 0.3) is 0 Å². The molecule has 0 bridgehead atoms. The molecule has 0 radical (unpaired) electrons. The van der Waals surface area contributed by atoms with Crippen molar-refractivity contribution in [3.05, 3.63) is 85.1 Å². The molecule has 0 rings (SSSR count). The summed E-state index contributed by atoms with van der Waals surface area (Å²) in [6.07, 6.45) is 65.7. The largest absolute Gasteiger partial charge is 0.462 e. The molecule has 0 aliphatic heterocycles. The average molecular weight is 877 g/mol. The van der Waals surface area contributed by atoms with Crippen molar-refractivity contribution in [3.8, 4) is 0 Å². The van der Waals surface area contributed by atoms with E-state index in [1.807, 2.05) is 24.3 Å². The van der Waals surface area contributed by atoms with Crippen LogP contribution in [0.1, 0.15) is 239 Å². The van der Waals surface area contributed by atoms with Gasteiger partial charge in [-0.15, -0.1) is 0 Å². The zero-order chi connectivity index (χ0) is 45.8. The lowest BCUT2D eigenvalue weighted by Gasteiger charge is -2.18. The molecule has 63 heavy (non-hydrogen) atoms. The third-order valence-corrected chi connectivity index (χ3v) is 11.0. The van der Waals surface area contributed by atoms with Crippen molar-refractivity contribution >= 4 is 17.9 Å². The topological polar surface area (TPSA) is 78.9 Å². The molecule has 0 N–H and O–H groups in total. The second-order valence-corrected chi connectivity index (χ2v) is 17.2. The predicted octanol–water partition coefficient (Wildman–Crippen LogP) is 17.2. The van der Waals surface area contributed by atoms with Crippen LogP contribution < -0.4 is 0 Å². The summed E-state index contributed by atoms with van der Waals surface area (Å²) in [5.41, 5.74) is 0. The van der Waals surface area contributed by atoms with Crippen LogP contribution >= 0.6 is 0 Å². The van der Waals surface area contributed by atoms with E-state index >= 15 is 0 Å². The monoisotopic (exact) mass is 877 g/mol. The average Bonchev–Trinajstić information content (AvgIpc) is 3.28. The molecule has 0 saturated heterocycles. The van der Waals surface area contributed by atoms with E-state index in [4.69, 9.17) is 14.2 Å². The Morgan fingerprint density at radius 1 is 0.317 bits per heavy atom. The summed E-state index contributed by atoms with van der Waals surface area (Å²) in [5, 5.41) is 0. The molecule has 0 fully saturated rings. The molecule has 0 aliphatic carbocycles. The first-order valence-corrected chi connectivity index (χ1v) is 26.2. The molecule has 6 heteroatoms. The zero-order valence-corrected chi connectivity index (χ0v) is 41.1. The van der Waals surface area contributed by atoms with Gasteiger partial charge in [0, 0.05) is 19.3 Å². The number of ether oxygens (including phenoxy) is 3. The standard InChI is InChI=1S/C57H96O6/c1-4-7-10-13-16-19-21-23-25-27-29-31-33-35-38-41-44-47-50-56(59)62-53-54(52-61-55(58)49-46-43-40-37-18-15-12-9-6-3)63-57(60)51-48-45-42-39-36-34-32-30-28-26-24-22-20-17-14-11-8-5-2/h10,13,16,19,21,23,25,27,29-32,37,40,54H,4-9,11-12,14-15,17-18,20,22,24,26,28,33-36,38-39,41-53H2,1-3H3/b13-10-,19-16-,23-21-,27-25-,31-29-,32-30-,40-37-. The summed E-state index contributed by atoms with van der Waals surface area (Å²) in [6, 6.07) is 0. The minimum Gasteiger partial charge on any atom is -0.462 e. The second-order valence-electron chi connectivity index (χ2n) is 17.2. The molecule has 0 saturated carbocycles. The van der Waals surface area contributed by atoms with Crippen LogP contribution in [0.3, 0.4) is 0 Å². The number of carbonyl (C=O) groups excluding carboxylic acids is 3. The first-order valence-electron chi connectivity index (χ1n) is 26.2. The Hall–Kier alpha value is -3.41. The van der Waals surface area contributed by atoms with Crippen LogP contribution in [0.25, 0.3) is 0 Å². The molecule has 0 spiro atoms. The number of carbonyl (C=O) groups is 3. The van der Waals surface area contributed by atoms with Gasteiger partial charge < -0.3 is 14.2 Å².